The number of benzene rings is 8. The molecule has 0 amide bonds. The number of hydrogen-bond donors (Lipinski definition) is 0. The molecule has 10 aromatic rings. The highest BCUT2D eigenvalue weighted by Gasteiger charge is 2.21. The second-order valence-electron chi connectivity index (χ2n) is 12.8. The van der Waals surface area contributed by atoms with E-state index < -0.39 is 0 Å². The van der Waals surface area contributed by atoms with E-state index in [1.165, 1.54) is 32.7 Å². The number of rotatable bonds is 5. The van der Waals surface area contributed by atoms with Gasteiger partial charge in [-0.15, -0.1) is 0 Å². The monoisotopic (exact) mass is 638 g/mol. The van der Waals surface area contributed by atoms with Crippen molar-refractivity contribution in [2.24, 2.45) is 0 Å². The molecule has 10 rings (SSSR count). The van der Waals surface area contributed by atoms with Crippen molar-refractivity contribution in [1.82, 2.24) is 4.98 Å². The largest absolute Gasteiger partial charge is 0.456 e. The van der Waals surface area contributed by atoms with E-state index in [0.717, 1.165) is 60.9 Å². The van der Waals surface area contributed by atoms with Crippen LogP contribution in [0.15, 0.2) is 187 Å². The molecule has 0 radical (unpaired) electrons. The molecular formula is C47H30N2O. The van der Waals surface area contributed by atoms with Crippen LogP contribution in [0.5, 0.6) is 0 Å². The summed E-state index contributed by atoms with van der Waals surface area (Å²) in [6, 6.07) is 60.6. The molecule has 0 saturated carbocycles. The van der Waals surface area contributed by atoms with Crippen molar-refractivity contribution in [3.8, 4) is 22.3 Å². The zero-order valence-electron chi connectivity index (χ0n) is 27.1. The Hall–Kier alpha value is -6.71. The van der Waals surface area contributed by atoms with Crippen LogP contribution >= 0.6 is 0 Å². The van der Waals surface area contributed by atoms with Crippen molar-refractivity contribution in [2.45, 2.75) is 0 Å². The number of furan rings is 1. The third kappa shape index (κ3) is 4.63. The van der Waals surface area contributed by atoms with Crippen molar-refractivity contribution >= 4 is 71.3 Å². The fourth-order valence-corrected chi connectivity index (χ4v) is 7.50. The Morgan fingerprint density at radius 3 is 1.98 bits per heavy atom. The van der Waals surface area contributed by atoms with Gasteiger partial charge in [-0.3, -0.25) is 4.98 Å². The van der Waals surface area contributed by atoms with Gasteiger partial charge in [0.15, 0.2) is 0 Å². The van der Waals surface area contributed by atoms with Gasteiger partial charge in [0.1, 0.15) is 11.2 Å². The van der Waals surface area contributed by atoms with Crippen LogP contribution in [0, 0.1) is 0 Å². The predicted molar refractivity (Wildman–Crippen MR) is 210 cm³/mol. The molecule has 2 heterocycles. The Kier molecular flexibility index (Phi) is 6.49. The van der Waals surface area contributed by atoms with Crippen molar-refractivity contribution in [2.75, 3.05) is 4.90 Å². The summed E-state index contributed by atoms with van der Waals surface area (Å²) in [7, 11) is 0. The van der Waals surface area contributed by atoms with E-state index in [9.17, 15) is 0 Å². The Morgan fingerprint density at radius 2 is 1.08 bits per heavy atom. The summed E-state index contributed by atoms with van der Waals surface area (Å²) in [5.74, 6) is 0. The minimum atomic E-state index is 0.861. The number of hydrogen-bond acceptors (Lipinski definition) is 3. The molecule has 0 aliphatic carbocycles. The second-order valence-corrected chi connectivity index (χ2v) is 12.8. The van der Waals surface area contributed by atoms with Crippen LogP contribution in [0.25, 0.3) is 76.5 Å². The Balaban J connectivity index is 1.21. The average molecular weight is 639 g/mol. The van der Waals surface area contributed by atoms with Gasteiger partial charge in [0, 0.05) is 39.0 Å². The van der Waals surface area contributed by atoms with E-state index in [1.807, 2.05) is 24.5 Å². The smallest absolute Gasteiger partial charge is 0.136 e. The number of pyridine rings is 1. The van der Waals surface area contributed by atoms with Gasteiger partial charge in [0.25, 0.3) is 0 Å². The standard InChI is InChI=1S/C47H30N2O/c1-2-12-34-26-35(21-20-31(34)10-1)40-15-5-7-18-44(40)49(37-24-22-33(23-25-37)39-17-9-13-32-11-3-4-14-38(32)39)45-30-48-29-36-27-47-43(28-42(36)45)41-16-6-8-19-46(41)50-47/h1-30H. The molecule has 0 spiro atoms. The number of aromatic nitrogens is 1. The molecule has 3 heteroatoms. The maximum absolute atomic E-state index is 6.29. The first-order valence-electron chi connectivity index (χ1n) is 16.9. The lowest BCUT2D eigenvalue weighted by molar-refractivity contribution is 0.669. The lowest BCUT2D eigenvalue weighted by Crippen LogP contribution is -2.12. The molecule has 0 aliphatic heterocycles. The number of nitrogens with zero attached hydrogens (tertiary/aromatic N) is 2. The third-order valence-electron chi connectivity index (χ3n) is 9.91. The molecule has 50 heavy (non-hydrogen) atoms. The van der Waals surface area contributed by atoms with Crippen LogP contribution in [0.4, 0.5) is 17.1 Å². The minimum Gasteiger partial charge on any atom is -0.456 e. The van der Waals surface area contributed by atoms with E-state index in [0.29, 0.717) is 0 Å². The van der Waals surface area contributed by atoms with Crippen LogP contribution in [-0.2, 0) is 0 Å². The van der Waals surface area contributed by atoms with E-state index >= 15 is 0 Å². The summed E-state index contributed by atoms with van der Waals surface area (Å²) in [6.45, 7) is 0. The molecule has 0 unspecified atom stereocenters. The van der Waals surface area contributed by atoms with E-state index in [1.54, 1.807) is 0 Å². The molecule has 0 aliphatic rings. The highest BCUT2D eigenvalue weighted by atomic mass is 16.3. The van der Waals surface area contributed by atoms with Crippen LogP contribution in [0.1, 0.15) is 0 Å². The molecule has 3 nitrogen and oxygen atoms in total. The number of anilines is 3. The van der Waals surface area contributed by atoms with Gasteiger partial charge in [-0.2, -0.15) is 0 Å². The maximum Gasteiger partial charge on any atom is 0.136 e. The summed E-state index contributed by atoms with van der Waals surface area (Å²) in [5, 5.41) is 9.25. The van der Waals surface area contributed by atoms with Gasteiger partial charge in [-0.1, -0.05) is 127 Å². The average Bonchev–Trinajstić information content (AvgIpc) is 3.55. The van der Waals surface area contributed by atoms with Crippen LogP contribution in [-0.4, -0.2) is 4.98 Å². The molecule has 8 aromatic carbocycles. The van der Waals surface area contributed by atoms with Gasteiger partial charge >= 0.3 is 0 Å². The van der Waals surface area contributed by atoms with Gasteiger partial charge < -0.3 is 9.32 Å². The zero-order valence-corrected chi connectivity index (χ0v) is 27.1. The van der Waals surface area contributed by atoms with E-state index in [-0.39, 0.29) is 0 Å². The summed E-state index contributed by atoms with van der Waals surface area (Å²) >= 11 is 0. The zero-order chi connectivity index (χ0) is 33.0. The first kappa shape index (κ1) is 28.3. The van der Waals surface area contributed by atoms with Crippen molar-refractivity contribution in [3.05, 3.63) is 182 Å². The number of para-hydroxylation sites is 2. The molecule has 0 fully saturated rings. The summed E-state index contributed by atoms with van der Waals surface area (Å²) in [4.78, 5) is 7.17. The molecule has 0 N–H and O–H groups in total. The minimum absolute atomic E-state index is 0.861. The van der Waals surface area contributed by atoms with Crippen LogP contribution < -0.4 is 4.90 Å². The fraction of sp³-hybridized carbons (Fsp3) is 0. The van der Waals surface area contributed by atoms with Gasteiger partial charge in [0.05, 0.1) is 17.6 Å². The Bertz CT molecular complexity index is 2880. The first-order chi connectivity index (χ1) is 24.8. The molecule has 0 bridgehead atoms. The molecule has 0 saturated heterocycles. The fourth-order valence-electron chi connectivity index (χ4n) is 7.50. The Labute approximate surface area is 289 Å². The molecule has 2 aromatic heterocycles. The normalized spacial score (nSPS) is 11.6. The van der Waals surface area contributed by atoms with E-state index in [4.69, 9.17) is 9.40 Å². The number of fused-ring (bicyclic) bond motifs is 6. The predicted octanol–water partition coefficient (Wildman–Crippen LogP) is 13.2. The maximum atomic E-state index is 6.29. The van der Waals surface area contributed by atoms with Crippen molar-refractivity contribution in [1.29, 1.82) is 0 Å². The van der Waals surface area contributed by atoms with Crippen LogP contribution in [0.2, 0.25) is 0 Å². The molecule has 234 valence electrons. The summed E-state index contributed by atoms with van der Waals surface area (Å²) in [6.07, 6.45) is 3.93. The van der Waals surface area contributed by atoms with Gasteiger partial charge in [-0.25, -0.2) is 0 Å². The molecular weight excluding hydrogens is 609 g/mol. The highest BCUT2D eigenvalue weighted by Crippen LogP contribution is 2.45. The highest BCUT2D eigenvalue weighted by molar-refractivity contribution is 6.13. The van der Waals surface area contributed by atoms with E-state index in [2.05, 4.69) is 163 Å². The third-order valence-corrected chi connectivity index (χ3v) is 9.91. The van der Waals surface area contributed by atoms with Crippen molar-refractivity contribution in [3.63, 3.8) is 0 Å². The van der Waals surface area contributed by atoms with Crippen LogP contribution in [0.3, 0.4) is 0 Å². The lowest BCUT2D eigenvalue weighted by Gasteiger charge is -2.29. The molecule has 0 atom stereocenters. The van der Waals surface area contributed by atoms with Gasteiger partial charge in [0.2, 0.25) is 0 Å². The SMILES string of the molecule is c1ccc(N(c2ccc(-c3cccc4ccccc34)cc2)c2cncc3cc4oc5ccccc5c4cc23)c(-c2ccc3ccccc3c2)c1. The summed E-state index contributed by atoms with van der Waals surface area (Å²) < 4.78 is 6.29. The van der Waals surface area contributed by atoms with Gasteiger partial charge in [-0.05, 0) is 80.7 Å². The summed E-state index contributed by atoms with van der Waals surface area (Å²) in [5.41, 5.74) is 9.57. The van der Waals surface area contributed by atoms with Crippen molar-refractivity contribution < 1.29 is 4.42 Å². The Morgan fingerprint density at radius 1 is 0.380 bits per heavy atom. The topological polar surface area (TPSA) is 29.3 Å². The quantitative estimate of drug-likeness (QED) is 0.188. The second kappa shape index (κ2) is 11.5. The lowest BCUT2D eigenvalue weighted by atomic mass is 9.97. The first-order valence-corrected chi connectivity index (χ1v) is 16.9.